The standard InChI is InChI=1S/C30H40N4O5S/c1-21(2)40(37,38)31-20-22(3)23-7-10-26(11-8-23)34-14-13-24-19-25(9-12-27(24)34)28(35)32-15-17-33(18-16-32)29(36)39-30(4,5)6/h7-14,19,21-22,31H,15-18,20H2,1-6H3/t22-/m0/s1. The number of carbonyl (C=O) groups excluding carboxylic acids is 2. The van der Waals surface area contributed by atoms with Crippen LogP contribution in [0.3, 0.4) is 0 Å². The third-order valence-corrected chi connectivity index (χ3v) is 8.92. The quantitative estimate of drug-likeness (QED) is 0.443. The van der Waals surface area contributed by atoms with E-state index in [1.54, 1.807) is 23.6 Å². The van der Waals surface area contributed by atoms with E-state index in [0.29, 0.717) is 38.3 Å². The van der Waals surface area contributed by atoms with E-state index >= 15 is 0 Å². The number of benzene rings is 2. The summed E-state index contributed by atoms with van der Waals surface area (Å²) in [6.07, 6.45) is 1.63. The van der Waals surface area contributed by atoms with Gasteiger partial charge in [0, 0.05) is 55.6 Å². The molecule has 1 aliphatic heterocycles. The molecular weight excluding hydrogens is 528 g/mol. The summed E-state index contributed by atoms with van der Waals surface area (Å²) >= 11 is 0. The summed E-state index contributed by atoms with van der Waals surface area (Å²) in [6.45, 7) is 13.0. The molecule has 1 aromatic heterocycles. The van der Waals surface area contributed by atoms with Crippen LogP contribution >= 0.6 is 0 Å². The van der Waals surface area contributed by atoms with Gasteiger partial charge < -0.3 is 19.1 Å². The zero-order valence-electron chi connectivity index (χ0n) is 24.2. The van der Waals surface area contributed by atoms with Crippen LogP contribution in [0.25, 0.3) is 16.6 Å². The Kier molecular flexibility index (Phi) is 8.60. The number of rotatable bonds is 7. The van der Waals surface area contributed by atoms with Crippen molar-refractivity contribution < 1.29 is 22.7 Å². The Morgan fingerprint density at radius 3 is 2.15 bits per heavy atom. The Morgan fingerprint density at radius 2 is 1.55 bits per heavy atom. The van der Waals surface area contributed by atoms with Crippen LogP contribution in [0, 0.1) is 0 Å². The van der Waals surface area contributed by atoms with Crippen LogP contribution in [-0.4, -0.2) is 78.4 Å². The van der Waals surface area contributed by atoms with Gasteiger partial charge in [0.05, 0.1) is 10.8 Å². The first-order valence-electron chi connectivity index (χ1n) is 13.7. The minimum Gasteiger partial charge on any atom is -0.444 e. The van der Waals surface area contributed by atoms with Crippen molar-refractivity contribution in [1.29, 1.82) is 0 Å². The van der Waals surface area contributed by atoms with Crippen LogP contribution in [-0.2, 0) is 14.8 Å². The van der Waals surface area contributed by atoms with E-state index in [1.807, 2.05) is 82.4 Å². The number of hydrogen-bond acceptors (Lipinski definition) is 5. The molecule has 1 atom stereocenters. The van der Waals surface area contributed by atoms with Gasteiger partial charge in [-0.1, -0.05) is 19.1 Å². The van der Waals surface area contributed by atoms with Gasteiger partial charge in [0.15, 0.2) is 0 Å². The molecule has 3 aromatic rings. The summed E-state index contributed by atoms with van der Waals surface area (Å²) in [7, 11) is -3.30. The molecule has 2 amide bonds. The highest BCUT2D eigenvalue weighted by Gasteiger charge is 2.28. The molecule has 0 unspecified atom stereocenters. The Labute approximate surface area is 237 Å². The predicted octanol–water partition coefficient (Wildman–Crippen LogP) is 4.75. The average Bonchev–Trinajstić information content (AvgIpc) is 3.34. The minimum atomic E-state index is -3.30. The number of nitrogens with one attached hydrogen (secondary N) is 1. The van der Waals surface area contributed by atoms with Crippen LogP contribution in [0.5, 0.6) is 0 Å². The molecule has 1 aliphatic rings. The second-order valence-corrected chi connectivity index (χ2v) is 14.0. The van der Waals surface area contributed by atoms with Crippen molar-refractivity contribution in [2.45, 2.75) is 58.3 Å². The van der Waals surface area contributed by atoms with Crippen molar-refractivity contribution in [2.24, 2.45) is 0 Å². The average molecular weight is 569 g/mol. The second kappa shape index (κ2) is 11.6. The zero-order chi connectivity index (χ0) is 29.2. The third-order valence-electron chi connectivity index (χ3n) is 7.11. The lowest BCUT2D eigenvalue weighted by atomic mass is 10.0. The Bertz CT molecular complexity index is 1460. The molecule has 1 N–H and O–H groups in total. The summed E-state index contributed by atoms with van der Waals surface area (Å²) in [6, 6.07) is 15.8. The van der Waals surface area contributed by atoms with Gasteiger partial charge >= 0.3 is 6.09 Å². The summed E-state index contributed by atoms with van der Waals surface area (Å²) in [5, 5.41) is 0.494. The first-order valence-corrected chi connectivity index (χ1v) is 15.3. The molecule has 0 spiro atoms. The normalized spacial score (nSPS) is 15.5. The zero-order valence-corrected chi connectivity index (χ0v) is 25.0. The number of ether oxygens (including phenoxy) is 1. The number of carbonyl (C=O) groups is 2. The molecule has 1 saturated heterocycles. The minimum absolute atomic E-state index is 0.0311. The number of fused-ring (bicyclic) bond motifs is 1. The van der Waals surface area contributed by atoms with E-state index in [1.165, 1.54) is 0 Å². The first-order chi connectivity index (χ1) is 18.7. The molecule has 10 heteroatoms. The van der Waals surface area contributed by atoms with Gasteiger partial charge in [0.1, 0.15) is 5.60 Å². The van der Waals surface area contributed by atoms with Gasteiger partial charge in [-0.3, -0.25) is 4.79 Å². The maximum Gasteiger partial charge on any atom is 0.410 e. The second-order valence-electron chi connectivity index (χ2n) is 11.7. The molecule has 0 saturated carbocycles. The number of amides is 2. The van der Waals surface area contributed by atoms with Crippen LogP contribution < -0.4 is 4.72 Å². The van der Waals surface area contributed by atoms with Crippen LogP contribution in [0.4, 0.5) is 4.79 Å². The monoisotopic (exact) mass is 568 g/mol. The van der Waals surface area contributed by atoms with Gasteiger partial charge in [0.2, 0.25) is 10.0 Å². The van der Waals surface area contributed by atoms with E-state index in [0.717, 1.165) is 22.2 Å². The topological polar surface area (TPSA) is 101 Å². The summed E-state index contributed by atoms with van der Waals surface area (Å²) in [5.74, 6) is -0.0199. The van der Waals surface area contributed by atoms with Crippen LogP contribution in [0.15, 0.2) is 54.7 Å². The number of piperazine rings is 1. The van der Waals surface area contributed by atoms with E-state index in [9.17, 15) is 18.0 Å². The Hall–Kier alpha value is -3.37. The molecule has 2 heterocycles. The van der Waals surface area contributed by atoms with E-state index in [2.05, 4.69) is 9.29 Å². The molecule has 2 aromatic carbocycles. The molecule has 4 rings (SSSR count). The van der Waals surface area contributed by atoms with Crippen molar-refractivity contribution in [3.8, 4) is 5.69 Å². The lowest BCUT2D eigenvalue weighted by Crippen LogP contribution is -2.51. The van der Waals surface area contributed by atoms with Crippen LogP contribution in [0.1, 0.15) is 63.4 Å². The predicted molar refractivity (Wildman–Crippen MR) is 157 cm³/mol. The maximum absolute atomic E-state index is 13.2. The molecule has 0 bridgehead atoms. The number of hydrogen-bond donors (Lipinski definition) is 1. The van der Waals surface area contributed by atoms with Crippen molar-refractivity contribution in [3.05, 3.63) is 65.9 Å². The van der Waals surface area contributed by atoms with Gasteiger partial charge in [-0.25, -0.2) is 17.9 Å². The summed E-state index contributed by atoms with van der Waals surface area (Å²) in [4.78, 5) is 29.0. The maximum atomic E-state index is 13.2. The smallest absolute Gasteiger partial charge is 0.410 e. The fraction of sp³-hybridized carbons (Fsp3) is 0.467. The SMILES string of the molecule is CC(C)S(=O)(=O)NC[C@H](C)c1ccc(-n2ccc3cc(C(=O)N4CCN(C(=O)OC(C)(C)C)CC4)ccc32)cc1. The molecule has 9 nitrogen and oxygen atoms in total. The van der Waals surface area contributed by atoms with E-state index in [4.69, 9.17) is 4.74 Å². The van der Waals surface area contributed by atoms with Crippen LogP contribution in [0.2, 0.25) is 0 Å². The van der Waals surface area contributed by atoms with Crippen molar-refractivity contribution >= 4 is 32.9 Å². The Balaban J connectivity index is 1.41. The van der Waals surface area contributed by atoms with Gasteiger partial charge in [0.25, 0.3) is 5.91 Å². The first kappa shape index (κ1) is 29.6. The number of nitrogens with zero attached hydrogens (tertiary/aromatic N) is 3. The van der Waals surface area contributed by atoms with Gasteiger partial charge in [-0.2, -0.15) is 0 Å². The lowest BCUT2D eigenvalue weighted by Gasteiger charge is -2.35. The van der Waals surface area contributed by atoms with E-state index < -0.39 is 20.9 Å². The molecular formula is C30H40N4O5S. The van der Waals surface area contributed by atoms with Gasteiger partial charge in [-0.15, -0.1) is 0 Å². The number of aromatic nitrogens is 1. The molecule has 40 heavy (non-hydrogen) atoms. The fourth-order valence-corrected chi connectivity index (χ4v) is 5.41. The van der Waals surface area contributed by atoms with Crippen molar-refractivity contribution in [2.75, 3.05) is 32.7 Å². The number of sulfonamides is 1. The largest absolute Gasteiger partial charge is 0.444 e. The summed E-state index contributed by atoms with van der Waals surface area (Å²) < 4.78 is 34.4. The highest BCUT2D eigenvalue weighted by atomic mass is 32.2. The van der Waals surface area contributed by atoms with Crippen molar-refractivity contribution in [3.63, 3.8) is 0 Å². The highest BCUT2D eigenvalue weighted by molar-refractivity contribution is 7.90. The Morgan fingerprint density at radius 1 is 0.925 bits per heavy atom. The molecule has 1 fully saturated rings. The molecule has 216 valence electrons. The van der Waals surface area contributed by atoms with Crippen molar-refractivity contribution in [1.82, 2.24) is 19.1 Å². The molecule has 0 aliphatic carbocycles. The van der Waals surface area contributed by atoms with E-state index in [-0.39, 0.29) is 17.9 Å². The molecule has 0 radical (unpaired) electrons. The summed E-state index contributed by atoms with van der Waals surface area (Å²) in [5.41, 5.74) is 3.07. The third kappa shape index (κ3) is 6.85. The lowest BCUT2D eigenvalue weighted by molar-refractivity contribution is 0.0141. The highest BCUT2D eigenvalue weighted by Crippen LogP contribution is 2.25. The fourth-order valence-electron chi connectivity index (χ4n) is 4.59. The van der Waals surface area contributed by atoms with Gasteiger partial charge in [-0.05, 0) is 82.5 Å².